The number of piperidine rings is 1. The summed E-state index contributed by atoms with van der Waals surface area (Å²) < 4.78 is 0. The van der Waals surface area contributed by atoms with E-state index in [2.05, 4.69) is 11.4 Å². The van der Waals surface area contributed by atoms with Crippen molar-refractivity contribution in [3.63, 3.8) is 0 Å². The monoisotopic (exact) mass is 196 g/mol. The van der Waals surface area contributed by atoms with Gasteiger partial charge in [-0.15, -0.1) is 0 Å². The van der Waals surface area contributed by atoms with Gasteiger partial charge in [0.2, 0.25) is 5.91 Å². The van der Waals surface area contributed by atoms with Crippen molar-refractivity contribution in [2.75, 3.05) is 20.1 Å². The van der Waals surface area contributed by atoms with Crippen molar-refractivity contribution < 1.29 is 4.79 Å². The van der Waals surface area contributed by atoms with E-state index in [1.165, 1.54) is 0 Å². The van der Waals surface area contributed by atoms with Crippen LogP contribution in [0.3, 0.4) is 0 Å². The molecule has 14 heavy (non-hydrogen) atoms. The summed E-state index contributed by atoms with van der Waals surface area (Å²) in [5, 5.41) is 3.06. The molecular formula is C11H20N2O. The molecule has 0 bridgehead atoms. The van der Waals surface area contributed by atoms with E-state index in [1.54, 1.807) is 0 Å². The lowest BCUT2D eigenvalue weighted by Gasteiger charge is -2.31. The molecule has 0 radical (unpaired) electrons. The Bertz CT molecular complexity index is 213. The quantitative estimate of drug-likeness (QED) is 0.684. The zero-order valence-corrected chi connectivity index (χ0v) is 9.12. The zero-order valence-electron chi connectivity index (χ0n) is 9.12. The molecule has 0 aromatic rings. The molecule has 1 aliphatic heterocycles. The van der Waals surface area contributed by atoms with Gasteiger partial charge in [-0.05, 0) is 33.2 Å². The van der Waals surface area contributed by atoms with Gasteiger partial charge >= 0.3 is 0 Å². The Morgan fingerprint density at radius 3 is 3.07 bits per heavy atom. The average Bonchev–Trinajstić information content (AvgIpc) is 2.21. The minimum absolute atomic E-state index is 0.0503. The van der Waals surface area contributed by atoms with E-state index in [0.717, 1.165) is 32.4 Å². The molecule has 80 valence electrons. The molecule has 0 aliphatic carbocycles. The molecule has 1 fully saturated rings. The van der Waals surface area contributed by atoms with Crippen molar-refractivity contribution in [3.05, 3.63) is 12.2 Å². The number of allylic oxidation sites excluding steroid dienone is 1. The van der Waals surface area contributed by atoms with Gasteiger partial charge < -0.3 is 10.2 Å². The lowest BCUT2D eigenvalue weighted by atomic mass is 10.0. The lowest BCUT2D eigenvalue weighted by Crippen LogP contribution is -2.49. The van der Waals surface area contributed by atoms with Gasteiger partial charge in [0.15, 0.2) is 0 Å². The fraction of sp³-hybridized carbons (Fsp3) is 0.727. The number of likely N-dealkylation sites (N-methyl/N-ethyl adjacent to an activating group) is 1. The van der Waals surface area contributed by atoms with Crippen molar-refractivity contribution in [2.45, 2.75) is 32.2 Å². The summed E-state index contributed by atoms with van der Waals surface area (Å²) in [4.78, 5) is 13.8. The second kappa shape index (κ2) is 5.81. The minimum Gasteiger partial charge on any atom is -0.341 e. The van der Waals surface area contributed by atoms with E-state index >= 15 is 0 Å². The Morgan fingerprint density at radius 1 is 1.64 bits per heavy atom. The van der Waals surface area contributed by atoms with Crippen LogP contribution in [-0.4, -0.2) is 37.0 Å². The van der Waals surface area contributed by atoms with Crippen LogP contribution in [0.5, 0.6) is 0 Å². The largest absolute Gasteiger partial charge is 0.341 e. The van der Waals surface area contributed by atoms with Gasteiger partial charge in [-0.2, -0.15) is 0 Å². The van der Waals surface area contributed by atoms with Crippen molar-refractivity contribution in [1.82, 2.24) is 10.2 Å². The SMILES string of the molecule is C/C=C/CCN1CCCC(NC)C1=O. The summed E-state index contributed by atoms with van der Waals surface area (Å²) in [7, 11) is 1.86. The molecule has 1 atom stereocenters. The van der Waals surface area contributed by atoms with E-state index in [1.807, 2.05) is 24.9 Å². The fourth-order valence-electron chi connectivity index (χ4n) is 1.83. The van der Waals surface area contributed by atoms with Crippen LogP contribution >= 0.6 is 0 Å². The van der Waals surface area contributed by atoms with E-state index in [9.17, 15) is 4.79 Å². The number of hydrogen-bond acceptors (Lipinski definition) is 2. The molecule has 1 rings (SSSR count). The maximum atomic E-state index is 11.8. The normalized spacial score (nSPS) is 23.4. The molecule has 1 aliphatic rings. The number of nitrogens with zero attached hydrogens (tertiary/aromatic N) is 1. The topological polar surface area (TPSA) is 32.3 Å². The van der Waals surface area contributed by atoms with Gasteiger partial charge in [-0.3, -0.25) is 4.79 Å². The summed E-state index contributed by atoms with van der Waals surface area (Å²) >= 11 is 0. The number of hydrogen-bond donors (Lipinski definition) is 1. The molecule has 0 aromatic heterocycles. The first kappa shape index (κ1) is 11.2. The number of carbonyl (C=O) groups is 1. The van der Waals surface area contributed by atoms with E-state index in [-0.39, 0.29) is 11.9 Å². The number of nitrogens with one attached hydrogen (secondary N) is 1. The number of amides is 1. The van der Waals surface area contributed by atoms with Gasteiger partial charge in [0.05, 0.1) is 6.04 Å². The number of rotatable bonds is 4. The second-order valence-electron chi connectivity index (χ2n) is 3.67. The molecule has 1 amide bonds. The van der Waals surface area contributed by atoms with Crippen LogP contribution in [0.15, 0.2) is 12.2 Å². The van der Waals surface area contributed by atoms with Gasteiger partial charge in [-0.1, -0.05) is 12.2 Å². The molecule has 0 saturated carbocycles. The zero-order chi connectivity index (χ0) is 10.4. The predicted molar refractivity (Wildman–Crippen MR) is 58.1 cm³/mol. The summed E-state index contributed by atoms with van der Waals surface area (Å²) in [6.45, 7) is 3.80. The number of carbonyl (C=O) groups excluding carboxylic acids is 1. The van der Waals surface area contributed by atoms with Crippen molar-refractivity contribution in [1.29, 1.82) is 0 Å². The Morgan fingerprint density at radius 2 is 2.43 bits per heavy atom. The maximum absolute atomic E-state index is 11.8. The van der Waals surface area contributed by atoms with Crippen molar-refractivity contribution >= 4 is 5.91 Å². The molecule has 1 saturated heterocycles. The summed E-state index contributed by atoms with van der Waals surface area (Å²) in [5.74, 6) is 0.267. The van der Waals surface area contributed by atoms with E-state index < -0.39 is 0 Å². The van der Waals surface area contributed by atoms with Crippen LogP contribution in [-0.2, 0) is 4.79 Å². The van der Waals surface area contributed by atoms with Gasteiger partial charge in [0.25, 0.3) is 0 Å². The molecule has 1 N–H and O–H groups in total. The molecule has 3 heteroatoms. The highest BCUT2D eigenvalue weighted by atomic mass is 16.2. The first-order chi connectivity index (χ1) is 6.79. The van der Waals surface area contributed by atoms with Crippen LogP contribution in [0, 0.1) is 0 Å². The van der Waals surface area contributed by atoms with E-state index in [0.29, 0.717) is 0 Å². The van der Waals surface area contributed by atoms with Crippen LogP contribution in [0.4, 0.5) is 0 Å². The summed E-state index contributed by atoms with van der Waals surface area (Å²) in [6, 6.07) is 0.0503. The molecule has 0 spiro atoms. The van der Waals surface area contributed by atoms with Crippen LogP contribution in [0.1, 0.15) is 26.2 Å². The third kappa shape index (κ3) is 2.84. The first-order valence-electron chi connectivity index (χ1n) is 5.36. The first-order valence-corrected chi connectivity index (χ1v) is 5.36. The predicted octanol–water partition coefficient (Wildman–Crippen LogP) is 1.16. The van der Waals surface area contributed by atoms with Gasteiger partial charge in [0.1, 0.15) is 0 Å². The third-order valence-electron chi connectivity index (χ3n) is 2.68. The standard InChI is InChI=1S/C11H20N2O/c1-3-4-5-8-13-9-6-7-10(12-2)11(13)14/h3-4,10,12H,5-9H2,1-2H3/b4-3+. The molecule has 3 nitrogen and oxygen atoms in total. The summed E-state index contributed by atoms with van der Waals surface area (Å²) in [6.07, 6.45) is 7.21. The number of likely N-dealkylation sites (tertiary alicyclic amines) is 1. The Balaban J connectivity index is 2.39. The lowest BCUT2D eigenvalue weighted by molar-refractivity contribution is -0.135. The van der Waals surface area contributed by atoms with E-state index in [4.69, 9.17) is 0 Å². The Hall–Kier alpha value is -0.830. The Kier molecular flexibility index (Phi) is 4.66. The molecule has 1 unspecified atom stereocenters. The highest BCUT2D eigenvalue weighted by Gasteiger charge is 2.26. The molecular weight excluding hydrogens is 176 g/mol. The van der Waals surface area contributed by atoms with Crippen molar-refractivity contribution in [3.8, 4) is 0 Å². The second-order valence-corrected chi connectivity index (χ2v) is 3.67. The fourth-order valence-corrected chi connectivity index (χ4v) is 1.83. The minimum atomic E-state index is 0.0503. The smallest absolute Gasteiger partial charge is 0.239 e. The summed E-state index contributed by atoms with van der Waals surface area (Å²) in [5.41, 5.74) is 0. The van der Waals surface area contributed by atoms with Crippen LogP contribution < -0.4 is 5.32 Å². The van der Waals surface area contributed by atoms with Crippen LogP contribution in [0.25, 0.3) is 0 Å². The van der Waals surface area contributed by atoms with Gasteiger partial charge in [0, 0.05) is 13.1 Å². The maximum Gasteiger partial charge on any atom is 0.239 e. The highest BCUT2D eigenvalue weighted by Crippen LogP contribution is 2.11. The Labute approximate surface area is 86.2 Å². The average molecular weight is 196 g/mol. The van der Waals surface area contributed by atoms with Crippen LogP contribution in [0.2, 0.25) is 0 Å². The molecule has 0 aromatic carbocycles. The molecule has 1 heterocycles. The van der Waals surface area contributed by atoms with Gasteiger partial charge in [-0.25, -0.2) is 0 Å². The van der Waals surface area contributed by atoms with Crippen molar-refractivity contribution in [2.24, 2.45) is 0 Å². The highest BCUT2D eigenvalue weighted by molar-refractivity contribution is 5.82. The third-order valence-corrected chi connectivity index (χ3v) is 2.68.